The molecule has 6 nitrogen and oxygen atoms in total. The molecule has 0 radical (unpaired) electrons. The largest absolute Gasteiger partial charge is 0.370 e. The van der Waals surface area contributed by atoms with Gasteiger partial charge in [0.15, 0.2) is 5.96 Å². The van der Waals surface area contributed by atoms with Crippen LogP contribution in [0, 0.1) is 0 Å². The number of imidazole rings is 1. The van der Waals surface area contributed by atoms with E-state index in [-0.39, 0.29) is 5.69 Å². The topological polar surface area (TPSA) is 88.2 Å². The van der Waals surface area contributed by atoms with Gasteiger partial charge in [0.05, 0.1) is 17.6 Å². The van der Waals surface area contributed by atoms with Crippen LogP contribution in [0.25, 0.3) is 11.0 Å². The molecule has 0 saturated heterocycles. The molecule has 0 saturated carbocycles. The Labute approximate surface area is 152 Å². The van der Waals surface area contributed by atoms with E-state index in [4.69, 9.17) is 5.73 Å². The summed E-state index contributed by atoms with van der Waals surface area (Å²) in [4.78, 5) is 19.3. The van der Waals surface area contributed by atoms with Gasteiger partial charge in [-0.3, -0.25) is 9.56 Å². The molecule has 0 spiro atoms. The van der Waals surface area contributed by atoms with Gasteiger partial charge in [0.2, 0.25) is 0 Å². The molecule has 0 aliphatic rings. The summed E-state index contributed by atoms with van der Waals surface area (Å²) in [7, 11) is 0. The van der Waals surface area contributed by atoms with Crippen molar-refractivity contribution in [2.45, 2.75) is 33.2 Å². The number of hydrogen-bond acceptors (Lipinski definition) is 2. The Kier molecular flexibility index (Phi) is 5.41. The number of para-hydroxylation sites is 3. The molecular formula is C20H25N5O. The first-order chi connectivity index (χ1) is 12.6. The van der Waals surface area contributed by atoms with Gasteiger partial charge in [-0.15, -0.1) is 0 Å². The van der Waals surface area contributed by atoms with Crippen LogP contribution in [0.2, 0.25) is 0 Å². The Bertz CT molecular complexity index is 961. The van der Waals surface area contributed by atoms with Gasteiger partial charge in [0.1, 0.15) is 0 Å². The molecule has 1 heterocycles. The lowest BCUT2D eigenvalue weighted by molar-refractivity contribution is 0.703. The summed E-state index contributed by atoms with van der Waals surface area (Å²) in [5, 5.41) is 3.25. The fourth-order valence-corrected chi connectivity index (χ4v) is 3.17. The van der Waals surface area contributed by atoms with Gasteiger partial charge < -0.3 is 16.0 Å². The van der Waals surface area contributed by atoms with Crippen LogP contribution < -0.4 is 16.7 Å². The number of anilines is 1. The Hall–Kier alpha value is -3.02. The minimum atomic E-state index is -0.127. The number of aromatic nitrogens is 2. The van der Waals surface area contributed by atoms with Gasteiger partial charge in [0, 0.05) is 12.2 Å². The molecule has 26 heavy (non-hydrogen) atoms. The maximum Gasteiger partial charge on any atom is 0.326 e. The molecule has 3 rings (SSSR count). The Morgan fingerprint density at radius 2 is 1.81 bits per heavy atom. The van der Waals surface area contributed by atoms with E-state index in [0.29, 0.717) is 19.0 Å². The normalized spacial score (nSPS) is 11.8. The smallest absolute Gasteiger partial charge is 0.326 e. The maximum absolute atomic E-state index is 12.1. The molecule has 0 amide bonds. The summed E-state index contributed by atoms with van der Waals surface area (Å²) < 4.78 is 1.68. The number of fused-ring (bicyclic) bond motifs is 1. The van der Waals surface area contributed by atoms with Crippen LogP contribution in [-0.4, -0.2) is 22.1 Å². The molecule has 3 aromatic rings. The second kappa shape index (κ2) is 7.91. The van der Waals surface area contributed by atoms with E-state index < -0.39 is 0 Å². The second-order valence-corrected chi connectivity index (χ2v) is 6.15. The lowest BCUT2D eigenvalue weighted by Gasteiger charge is -2.14. The molecule has 0 atom stereocenters. The van der Waals surface area contributed by atoms with Gasteiger partial charge in [-0.05, 0) is 36.1 Å². The van der Waals surface area contributed by atoms with Crippen molar-refractivity contribution in [1.82, 2.24) is 9.55 Å². The van der Waals surface area contributed by atoms with Crippen molar-refractivity contribution in [2.24, 2.45) is 10.7 Å². The standard InChI is InChI=1S/C20H25N5O/c1-3-14-8-7-9-15(4-2)18(14)24-19(21)22-12-13-25-17-11-6-5-10-16(17)23-20(25)26/h5-11H,3-4,12-13H2,1-2H3,(H,23,26)(H3,21,22,24). The van der Waals surface area contributed by atoms with Crippen molar-refractivity contribution in [2.75, 3.05) is 11.9 Å². The summed E-state index contributed by atoms with van der Waals surface area (Å²) in [6.07, 6.45) is 1.85. The minimum absolute atomic E-state index is 0.127. The monoisotopic (exact) mass is 351 g/mol. The molecule has 136 valence electrons. The van der Waals surface area contributed by atoms with Crippen LogP contribution in [0.15, 0.2) is 52.3 Å². The molecule has 2 aromatic carbocycles. The van der Waals surface area contributed by atoms with E-state index >= 15 is 0 Å². The van der Waals surface area contributed by atoms with E-state index in [9.17, 15) is 4.79 Å². The van der Waals surface area contributed by atoms with Crippen molar-refractivity contribution >= 4 is 22.7 Å². The van der Waals surface area contributed by atoms with E-state index in [2.05, 4.69) is 47.3 Å². The highest BCUT2D eigenvalue weighted by Gasteiger charge is 2.08. The first-order valence-electron chi connectivity index (χ1n) is 8.99. The van der Waals surface area contributed by atoms with Crippen LogP contribution in [0.4, 0.5) is 5.69 Å². The molecule has 1 aromatic heterocycles. The van der Waals surface area contributed by atoms with E-state index in [1.54, 1.807) is 4.57 Å². The summed E-state index contributed by atoms with van der Waals surface area (Å²) in [5.41, 5.74) is 11.1. The number of rotatable bonds is 6. The number of nitrogens with two attached hydrogens (primary N) is 1. The quantitative estimate of drug-likeness (QED) is 0.471. The molecule has 4 N–H and O–H groups in total. The lowest BCUT2D eigenvalue weighted by atomic mass is 10.0. The van der Waals surface area contributed by atoms with Crippen LogP contribution >= 0.6 is 0 Å². The van der Waals surface area contributed by atoms with Crippen LogP contribution in [-0.2, 0) is 19.4 Å². The van der Waals surface area contributed by atoms with E-state index in [1.165, 1.54) is 11.1 Å². The van der Waals surface area contributed by atoms with Crippen molar-refractivity contribution < 1.29 is 0 Å². The summed E-state index contributed by atoms with van der Waals surface area (Å²) in [6.45, 7) is 5.14. The first kappa shape index (κ1) is 17.8. The van der Waals surface area contributed by atoms with Crippen LogP contribution in [0.3, 0.4) is 0 Å². The zero-order valence-electron chi connectivity index (χ0n) is 15.2. The number of benzene rings is 2. The van der Waals surface area contributed by atoms with Gasteiger partial charge in [-0.25, -0.2) is 4.79 Å². The van der Waals surface area contributed by atoms with Gasteiger partial charge in [-0.2, -0.15) is 0 Å². The van der Waals surface area contributed by atoms with E-state index in [0.717, 1.165) is 29.6 Å². The number of guanidine groups is 1. The number of nitrogens with zero attached hydrogens (tertiary/aromatic N) is 2. The molecular weight excluding hydrogens is 326 g/mol. The first-order valence-corrected chi connectivity index (χ1v) is 8.99. The van der Waals surface area contributed by atoms with Crippen LogP contribution in [0.1, 0.15) is 25.0 Å². The molecule has 0 aliphatic carbocycles. The highest BCUT2D eigenvalue weighted by molar-refractivity contribution is 5.93. The van der Waals surface area contributed by atoms with Crippen molar-refractivity contribution in [3.05, 3.63) is 64.1 Å². The Morgan fingerprint density at radius 1 is 1.12 bits per heavy atom. The zero-order chi connectivity index (χ0) is 18.5. The molecule has 0 bridgehead atoms. The van der Waals surface area contributed by atoms with Gasteiger partial charge in [0.25, 0.3) is 0 Å². The fraction of sp³-hybridized carbons (Fsp3) is 0.300. The maximum atomic E-state index is 12.1. The third-order valence-corrected chi connectivity index (χ3v) is 4.54. The predicted molar refractivity (Wildman–Crippen MR) is 108 cm³/mol. The number of aryl methyl sites for hydroxylation is 2. The van der Waals surface area contributed by atoms with Crippen LogP contribution in [0.5, 0.6) is 0 Å². The highest BCUT2D eigenvalue weighted by atomic mass is 16.1. The van der Waals surface area contributed by atoms with Crippen molar-refractivity contribution in [1.29, 1.82) is 0 Å². The van der Waals surface area contributed by atoms with Gasteiger partial charge >= 0.3 is 5.69 Å². The fourth-order valence-electron chi connectivity index (χ4n) is 3.17. The SMILES string of the molecule is CCc1cccc(CC)c1NC(N)=NCCn1c(=O)[nH]c2ccccc21. The summed E-state index contributed by atoms with van der Waals surface area (Å²) in [5.74, 6) is 0.369. The zero-order valence-corrected chi connectivity index (χ0v) is 15.2. The highest BCUT2D eigenvalue weighted by Crippen LogP contribution is 2.22. The number of H-pyrrole nitrogens is 1. The minimum Gasteiger partial charge on any atom is -0.370 e. The summed E-state index contributed by atoms with van der Waals surface area (Å²) in [6, 6.07) is 13.9. The van der Waals surface area contributed by atoms with Gasteiger partial charge in [-0.1, -0.05) is 44.2 Å². The molecule has 6 heteroatoms. The van der Waals surface area contributed by atoms with E-state index in [1.807, 2.05) is 24.3 Å². The predicted octanol–water partition coefficient (Wildman–Crippen LogP) is 2.88. The number of hydrogen-bond donors (Lipinski definition) is 3. The van der Waals surface area contributed by atoms with Crippen molar-refractivity contribution in [3.8, 4) is 0 Å². The molecule has 0 aliphatic heterocycles. The number of aromatic amines is 1. The van der Waals surface area contributed by atoms with Crippen molar-refractivity contribution in [3.63, 3.8) is 0 Å². The third kappa shape index (κ3) is 3.64. The number of aliphatic imine (C=N–C) groups is 1. The molecule has 0 unspecified atom stereocenters. The Balaban J connectivity index is 1.73. The second-order valence-electron chi connectivity index (χ2n) is 6.15. The lowest BCUT2D eigenvalue weighted by Crippen LogP contribution is -2.25. The average Bonchev–Trinajstić information content (AvgIpc) is 2.97. The Morgan fingerprint density at radius 3 is 2.50 bits per heavy atom. The number of nitrogens with one attached hydrogen (secondary N) is 2. The average molecular weight is 351 g/mol. The third-order valence-electron chi connectivity index (χ3n) is 4.54. The molecule has 0 fully saturated rings. The summed E-state index contributed by atoms with van der Waals surface area (Å²) >= 11 is 0.